The number of primary sulfonamides is 1. The first-order chi connectivity index (χ1) is 15.4. The predicted molar refractivity (Wildman–Crippen MR) is 125 cm³/mol. The molecule has 0 aliphatic rings. The maximum absolute atomic E-state index is 11.6. The molecule has 0 saturated heterocycles. The van der Waals surface area contributed by atoms with Crippen LogP contribution in [0.3, 0.4) is 0 Å². The quantitative estimate of drug-likeness (QED) is 0.393. The van der Waals surface area contributed by atoms with Gasteiger partial charge < -0.3 is 10.6 Å². The van der Waals surface area contributed by atoms with E-state index in [1.165, 1.54) is 23.3 Å². The molecule has 8 nitrogen and oxygen atoms in total. The van der Waals surface area contributed by atoms with E-state index in [9.17, 15) is 8.42 Å². The highest BCUT2D eigenvalue weighted by molar-refractivity contribution is 7.89. The van der Waals surface area contributed by atoms with Crippen LogP contribution in [0.1, 0.15) is 16.7 Å². The SMILES string of the molecule is Cc1cnc(Nc2cccc(S(N)(=O)=O)c2)nc1Nc1ccc(Cc2ccncc2)cc1. The molecule has 0 atom stereocenters. The standard InChI is InChI=1S/C23H22N6O2S/c1-16-15-26-23(28-20-3-2-4-21(14-20)32(24,30)31)29-22(16)27-19-7-5-17(6-8-19)13-18-9-11-25-12-10-18/h2-12,14-15H,13H2,1H3,(H2,24,30,31)(H2,26,27,28,29). The normalized spacial score (nSPS) is 11.2. The van der Waals surface area contributed by atoms with Gasteiger partial charge in [-0.1, -0.05) is 18.2 Å². The van der Waals surface area contributed by atoms with E-state index in [-0.39, 0.29) is 4.90 Å². The van der Waals surface area contributed by atoms with Crippen molar-refractivity contribution in [3.05, 3.63) is 95.9 Å². The Bertz CT molecular complexity index is 1330. The number of nitrogens with two attached hydrogens (primary N) is 1. The third-order valence-corrected chi connectivity index (χ3v) is 5.68. The van der Waals surface area contributed by atoms with Gasteiger partial charge in [0.1, 0.15) is 5.82 Å². The van der Waals surface area contributed by atoms with Crippen LogP contribution >= 0.6 is 0 Å². The minimum absolute atomic E-state index is 0.0137. The topological polar surface area (TPSA) is 123 Å². The minimum atomic E-state index is -3.79. The summed E-state index contributed by atoms with van der Waals surface area (Å²) in [6, 6.07) is 18.3. The van der Waals surface area contributed by atoms with Crippen LogP contribution in [0.25, 0.3) is 0 Å². The van der Waals surface area contributed by atoms with Crippen molar-refractivity contribution in [3.63, 3.8) is 0 Å². The molecule has 9 heteroatoms. The molecule has 162 valence electrons. The fraction of sp³-hybridized carbons (Fsp3) is 0.0870. The van der Waals surface area contributed by atoms with Gasteiger partial charge >= 0.3 is 0 Å². The first-order valence-corrected chi connectivity index (χ1v) is 11.4. The number of nitrogens with zero attached hydrogens (tertiary/aromatic N) is 3. The van der Waals surface area contributed by atoms with Crippen LogP contribution in [0.5, 0.6) is 0 Å². The number of anilines is 4. The minimum Gasteiger partial charge on any atom is -0.340 e. The summed E-state index contributed by atoms with van der Waals surface area (Å²) in [4.78, 5) is 12.9. The summed E-state index contributed by atoms with van der Waals surface area (Å²) in [6.45, 7) is 1.91. The Morgan fingerprint density at radius 1 is 0.906 bits per heavy atom. The number of hydrogen-bond donors (Lipinski definition) is 3. The number of pyridine rings is 1. The molecule has 4 rings (SSSR count). The largest absolute Gasteiger partial charge is 0.340 e. The zero-order valence-electron chi connectivity index (χ0n) is 17.4. The van der Waals surface area contributed by atoms with Crippen LogP contribution in [0.2, 0.25) is 0 Å². The molecule has 0 fully saturated rings. The number of benzene rings is 2. The second-order valence-electron chi connectivity index (χ2n) is 7.28. The van der Waals surface area contributed by atoms with E-state index in [2.05, 4.69) is 37.7 Å². The van der Waals surface area contributed by atoms with Gasteiger partial charge in [0, 0.05) is 35.5 Å². The van der Waals surface area contributed by atoms with Crippen LogP contribution in [-0.2, 0) is 16.4 Å². The molecular weight excluding hydrogens is 424 g/mol. The lowest BCUT2D eigenvalue weighted by Gasteiger charge is -2.12. The molecule has 2 aromatic carbocycles. The molecule has 0 aliphatic carbocycles. The maximum Gasteiger partial charge on any atom is 0.238 e. The summed E-state index contributed by atoms with van der Waals surface area (Å²) in [7, 11) is -3.79. The molecular formula is C23H22N6O2S. The van der Waals surface area contributed by atoms with Gasteiger partial charge in [0.2, 0.25) is 16.0 Å². The summed E-state index contributed by atoms with van der Waals surface area (Å²) in [5.74, 6) is 0.978. The second-order valence-corrected chi connectivity index (χ2v) is 8.84. The molecule has 0 unspecified atom stereocenters. The van der Waals surface area contributed by atoms with Crippen LogP contribution in [0.4, 0.5) is 23.1 Å². The van der Waals surface area contributed by atoms with E-state index in [0.29, 0.717) is 17.5 Å². The van der Waals surface area contributed by atoms with Crippen LogP contribution in [0.15, 0.2) is 84.1 Å². The smallest absolute Gasteiger partial charge is 0.238 e. The molecule has 0 amide bonds. The van der Waals surface area contributed by atoms with Crippen molar-refractivity contribution in [3.8, 4) is 0 Å². The van der Waals surface area contributed by atoms with E-state index in [1.807, 2.05) is 31.2 Å². The zero-order chi connectivity index (χ0) is 22.6. The molecule has 2 aromatic heterocycles. The van der Waals surface area contributed by atoms with Gasteiger partial charge in [0.05, 0.1) is 4.90 Å². The van der Waals surface area contributed by atoms with Gasteiger partial charge in [-0.05, 0) is 66.9 Å². The lowest BCUT2D eigenvalue weighted by molar-refractivity contribution is 0.598. The van der Waals surface area contributed by atoms with Crippen molar-refractivity contribution < 1.29 is 8.42 Å². The van der Waals surface area contributed by atoms with Gasteiger partial charge in [-0.25, -0.2) is 18.5 Å². The fourth-order valence-corrected chi connectivity index (χ4v) is 3.65. The molecule has 0 radical (unpaired) electrons. The van der Waals surface area contributed by atoms with E-state index in [1.54, 1.807) is 30.7 Å². The fourth-order valence-electron chi connectivity index (χ4n) is 3.09. The van der Waals surface area contributed by atoms with Crippen molar-refractivity contribution in [2.24, 2.45) is 5.14 Å². The highest BCUT2D eigenvalue weighted by atomic mass is 32.2. The Hall–Kier alpha value is -3.82. The number of aryl methyl sites for hydroxylation is 1. The Morgan fingerprint density at radius 2 is 1.62 bits per heavy atom. The molecule has 4 N–H and O–H groups in total. The maximum atomic E-state index is 11.6. The molecule has 2 heterocycles. The highest BCUT2D eigenvalue weighted by Crippen LogP contribution is 2.23. The Balaban J connectivity index is 1.48. The van der Waals surface area contributed by atoms with Crippen molar-refractivity contribution in [1.82, 2.24) is 15.0 Å². The van der Waals surface area contributed by atoms with Crippen LogP contribution < -0.4 is 15.8 Å². The Morgan fingerprint density at radius 3 is 2.34 bits per heavy atom. The van der Waals surface area contributed by atoms with Gasteiger partial charge in [0.25, 0.3) is 0 Å². The average Bonchev–Trinajstić information content (AvgIpc) is 2.78. The van der Waals surface area contributed by atoms with Gasteiger partial charge in [-0.3, -0.25) is 4.98 Å². The molecule has 0 saturated carbocycles. The lowest BCUT2D eigenvalue weighted by Crippen LogP contribution is -2.12. The molecule has 32 heavy (non-hydrogen) atoms. The van der Waals surface area contributed by atoms with E-state index < -0.39 is 10.0 Å². The number of rotatable bonds is 7. The average molecular weight is 447 g/mol. The van der Waals surface area contributed by atoms with E-state index in [4.69, 9.17) is 5.14 Å². The molecule has 4 aromatic rings. The number of aromatic nitrogens is 3. The summed E-state index contributed by atoms with van der Waals surface area (Å²) in [6.07, 6.45) is 6.11. The Labute approximate surface area is 186 Å². The first-order valence-electron chi connectivity index (χ1n) is 9.85. The van der Waals surface area contributed by atoms with Crippen molar-refractivity contribution in [2.75, 3.05) is 10.6 Å². The molecule has 0 bridgehead atoms. The van der Waals surface area contributed by atoms with Crippen LogP contribution in [0, 0.1) is 6.92 Å². The van der Waals surface area contributed by atoms with Crippen molar-refractivity contribution in [2.45, 2.75) is 18.2 Å². The van der Waals surface area contributed by atoms with Crippen LogP contribution in [-0.4, -0.2) is 23.4 Å². The second kappa shape index (κ2) is 9.13. The van der Waals surface area contributed by atoms with Crippen molar-refractivity contribution in [1.29, 1.82) is 0 Å². The third-order valence-electron chi connectivity index (χ3n) is 4.76. The van der Waals surface area contributed by atoms with Gasteiger partial charge in [-0.2, -0.15) is 4.98 Å². The highest BCUT2D eigenvalue weighted by Gasteiger charge is 2.10. The Kier molecular flexibility index (Phi) is 6.11. The van der Waals surface area contributed by atoms with E-state index in [0.717, 1.165) is 17.7 Å². The number of nitrogens with one attached hydrogen (secondary N) is 2. The molecule has 0 aliphatic heterocycles. The summed E-state index contributed by atoms with van der Waals surface area (Å²) in [5.41, 5.74) is 4.68. The summed E-state index contributed by atoms with van der Waals surface area (Å²) < 4.78 is 23.1. The number of sulfonamides is 1. The summed E-state index contributed by atoms with van der Waals surface area (Å²) in [5, 5.41) is 11.5. The lowest BCUT2D eigenvalue weighted by atomic mass is 10.1. The number of hydrogen-bond acceptors (Lipinski definition) is 7. The summed E-state index contributed by atoms with van der Waals surface area (Å²) >= 11 is 0. The zero-order valence-corrected chi connectivity index (χ0v) is 18.2. The third kappa shape index (κ3) is 5.45. The molecule has 0 spiro atoms. The monoisotopic (exact) mass is 446 g/mol. The van der Waals surface area contributed by atoms with E-state index >= 15 is 0 Å². The first kappa shape index (κ1) is 21.4. The predicted octanol–water partition coefficient (Wildman–Crippen LogP) is 3.91. The van der Waals surface area contributed by atoms with Gasteiger partial charge in [-0.15, -0.1) is 0 Å². The van der Waals surface area contributed by atoms with Gasteiger partial charge in [0.15, 0.2) is 0 Å². The van der Waals surface area contributed by atoms with Crippen molar-refractivity contribution >= 4 is 33.2 Å².